The fourth-order valence-corrected chi connectivity index (χ4v) is 1.38. The molecule has 0 aliphatic rings. The fraction of sp³-hybridized carbons (Fsp3) is 0.733. The molecule has 0 aliphatic heterocycles. The summed E-state index contributed by atoms with van der Waals surface area (Å²) in [5.74, 6) is -0.790. The zero-order valence-corrected chi connectivity index (χ0v) is 12.9. The van der Waals surface area contributed by atoms with E-state index in [1.54, 1.807) is 27.7 Å². The van der Waals surface area contributed by atoms with Crippen molar-refractivity contribution in [2.75, 3.05) is 0 Å². The van der Waals surface area contributed by atoms with E-state index >= 15 is 0 Å². The first-order valence-electron chi connectivity index (χ1n) is 6.83. The maximum atomic E-state index is 11.9. The maximum Gasteiger partial charge on any atom is 0.336 e. The molecule has 0 fully saturated rings. The Labute approximate surface area is 116 Å². The monoisotopic (exact) mass is 270 g/mol. The molecule has 110 valence electrons. The minimum absolute atomic E-state index is 0.385. The first-order chi connectivity index (χ1) is 8.72. The molecule has 4 nitrogen and oxygen atoms in total. The van der Waals surface area contributed by atoms with Crippen molar-refractivity contribution in [2.24, 2.45) is 5.41 Å². The van der Waals surface area contributed by atoms with Gasteiger partial charge in [-0.3, -0.25) is 4.79 Å². The van der Waals surface area contributed by atoms with Crippen LogP contribution in [0.15, 0.2) is 11.6 Å². The number of hydrogen-bond donors (Lipinski definition) is 0. The largest absolute Gasteiger partial charge is 0.425 e. The van der Waals surface area contributed by atoms with Gasteiger partial charge in [0.2, 0.25) is 6.29 Å². The summed E-state index contributed by atoms with van der Waals surface area (Å²) in [6.07, 6.45) is 3.31. The van der Waals surface area contributed by atoms with Crippen molar-refractivity contribution in [3.05, 3.63) is 11.6 Å². The van der Waals surface area contributed by atoms with Gasteiger partial charge in [0.25, 0.3) is 0 Å². The lowest BCUT2D eigenvalue weighted by Gasteiger charge is -2.21. The molecule has 0 radical (unpaired) electrons. The van der Waals surface area contributed by atoms with Crippen LogP contribution in [0.4, 0.5) is 0 Å². The average molecular weight is 270 g/mol. The quantitative estimate of drug-likeness (QED) is 0.420. The van der Waals surface area contributed by atoms with Crippen LogP contribution in [-0.4, -0.2) is 18.2 Å². The van der Waals surface area contributed by atoms with E-state index in [-0.39, 0.29) is 5.97 Å². The topological polar surface area (TPSA) is 52.6 Å². The van der Waals surface area contributed by atoms with Gasteiger partial charge in [0.1, 0.15) is 0 Å². The van der Waals surface area contributed by atoms with Crippen molar-refractivity contribution in [3.63, 3.8) is 0 Å². The van der Waals surface area contributed by atoms with Gasteiger partial charge in [-0.15, -0.1) is 0 Å². The maximum absolute atomic E-state index is 11.9. The molecule has 0 saturated carbocycles. The number of esters is 2. The number of allylic oxidation sites excluding steroid dienone is 1. The van der Waals surface area contributed by atoms with E-state index < -0.39 is 17.7 Å². The van der Waals surface area contributed by atoms with Crippen LogP contribution in [0.25, 0.3) is 0 Å². The molecule has 0 aromatic carbocycles. The molecule has 0 saturated heterocycles. The van der Waals surface area contributed by atoms with Gasteiger partial charge in [0.15, 0.2) is 0 Å². The third-order valence-corrected chi connectivity index (χ3v) is 2.39. The van der Waals surface area contributed by atoms with Gasteiger partial charge in [-0.05, 0) is 33.6 Å². The van der Waals surface area contributed by atoms with Crippen molar-refractivity contribution in [1.82, 2.24) is 0 Å². The molecule has 1 unspecified atom stereocenters. The van der Waals surface area contributed by atoms with Gasteiger partial charge >= 0.3 is 11.9 Å². The van der Waals surface area contributed by atoms with Gasteiger partial charge in [-0.1, -0.05) is 26.3 Å². The van der Waals surface area contributed by atoms with Gasteiger partial charge in [0, 0.05) is 12.5 Å². The van der Waals surface area contributed by atoms with Crippen LogP contribution in [0.3, 0.4) is 0 Å². The number of carbonyl (C=O) groups is 2. The Morgan fingerprint density at radius 3 is 2.16 bits per heavy atom. The summed E-state index contributed by atoms with van der Waals surface area (Å²) in [5, 5.41) is 0. The lowest BCUT2D eigenvalue weighted by molar-refractivity contribution is -0.188. The van der Waals surface area contributed by atoms with Crippen LogP contribution in [0.5, 0.6) is 0 Å². The molecule has 0 aromatic rings. The van der Waals surface area contributed by atoms with E-state index in [1.807, 2.05) is 19.9 Å². The van der Waals surface area contributed by atoms with E-state index in [0.717, 1.165) is 12.8 Å². The number of carbonyl (C=O) groups excluding carboxylic acids is 2. The van der Waals surface area contributed by atoms with E-state index in [9.17, 15) is 9.59 Å². The molecular formula is C15H26O4. The summed E-state index contributed by atoms with van der Waals surface area (Å²) in [4.78, 5) is 23.5. The second-order valence-electron chi connectivity index (χ2n) is 5.52. The molecule has 19 heavy (non-hydrogen) atoms. The minimum Gasteiger partial charge on any atom is -0.425 e. The molecule has 0 aromatic heterocycles. The molecule has 0 rings (SSSR count). The first-order valence-corrected chi connectivity index (χ1v) is 6.83. The summed E-state index contributed by atoms with van der Waals surface area (Å²) < 4.78 is 10.2. The Bertz CT molecular complexity index is 337. The first kappa shape index (κ1) is 17.7. The van der Waals surface area contributed by atoms with E-state index in [4.69, 9.17) is 9.47 Å². The lowest BCUT2D eigenvalue weighted by Crippen LogP contribution is -2.29. The Kier molecular flexibility index (Phi) is 7.42. The molecule has 1 atom stereocenters. The van der Waals surface area contributed by atoms with Crippen LogP contribution in [0, 0.1) is 5.41 Å². The minimum atomic E-state index is -0.865. The zero-order valence-electron chi connectivity index (χ0n) is 12.9. The molecule has 0 heterocycles. The molecule has 0 spiro atoms. The van der Waals surface area contributed by atoms with E-state index in [1.165, 1.54) is 0 Å². The fourth-order valence-electron chi connectivity index (χ4n) is 1.38. The van der Waals surface area contributed by atoms with Crippen molar-refractivity contribution in [1.29, 1.82) is 0 Å². The normalized spacial score (nSPS) is 13.9. The summed E-state index contributed by atoms with van der Waals surface area (Å²) in [6.45, 7) is 10.8. The Balaban J connectivity index is 4.47. The molecular weight excluding hydrogens is 244 g/mol. The molecule has 0 aliphatic carbocycles. The lowest BCUT2D eigenvalue weighted by atomic mass is 9.97. The standard InChI is InChI=1S/C15H26O4/c1-7-9-12(10-8-2)13(16)18-11(3)19-14(17)15(4,5)6/h9,11H,7-8,10H2,1-6H3. The van der Waals surface area contributed by atoms with Crippen molar-refractivity contribution < 1.29 is 19.1 Å². The average Bonchev–Trinajstić information content (AvgIpc) is 2.27. The summed E-state index contributed by atoms with van der Waals surface area (Å²) in [7, 11) is 0. The van der Waals surface area contributed by atoms with Crippen LogP contribution in [0.1, 0.15) is 60.8 Å². The summed E-state index contributed by atoms with van der Waals surface area (Å²) >= 11 is 0. The molecule has 4 heteroatoms. The Hall–Kier alpha value is -1.32. The Morgan fingerprint density at radius 1 is 1.16 bits per heavy atom. The molecule has 0 amide bonds. The van der Waals surface area contributed by atoms with Crippen LogP contribution in [-0.2, 0) is 19.1 Å². The summed E-state index contributed by atoms with van der Waals surface area (Å²) in [5.41, 5.74) is 0.0373. The predicted molar refractivity (Wildman–Crippen MR) is 74.4 cm³/mol. The Morgan fingerprint density at radius 2 is 1.74 bits per heavy atom. The van der Waals surface area contributed by atoms with Gasteiger partial charge in [-0.2, -0.15) is 0 Å². The third kappa shape index (κ3) is 6.99. The predicted octanol–water partition coefficient (Wildman–Crippen LogP) is 3.60. The van der Waals surface area contributed by atoms with Crippen LogP contribution >= 0.6 is 0 Å². The highest BCUT2D eigenvalue weighted by Gasteiger charge is 2.26. The zero-order chi connectivity index (χ0) is 15.1. The smallest absolute Gasteiger partial charge is 0.336 e. The molecule has 0 bridgehead atoms. The van der Waals surface area contributed by atoms with Crippen LogP contribution < -0.4 is 0 Å². The molecule has 0 N–H and O–H groups in total. The highest BCUT2D eigenvalue weighted by Crippen LogP contribution is 2.17. The van der Waals surface area contributed by atoms with Crippen molar-refractivity contribution in [3.8, 4) is 0 Å². The second kappa shape index (κ2) is 7.97. The van der Waals surface area contributed by atoms with E-state index in [0.29, 0.717) is 12.0 Å². The number of ether oxygens (including phenoxy) is 2. The van der Waals surface area contributed by atoms with Gasteiger partial charge in [-0.25, -0.2) is 4.79 Å². The van der Waals surface area contributed by atoms with Crippen LogP contribution in [0.2, 0.25) is 0 Å². The SMILES string of the molecule is CCC=C(CCC)C(=O)OC(C)OC(=O)C(C)(C)C. The number of rotatable bonds is 6. The van der Waals surface area contributed by atoms with Gasteiger partial charge < -0.3 is 9.47 Å². The second-order valence-corrected chi connectivity index (χ2v) is 5.52. The van der Waals surface area contributed by atoms with E-state index in [2.05, 4.69) is 0 Å². The van der Waals surface area contributed by atoms with Crippen molar-refractivity contribution >= 4 is 11.9 Å². The van der Waals surface area contributed by atoms with Crippen molar-refractivity contribution in [2.45, 2.75) is 67.1 Å². The highest BCUT2D eigenvalue weighted by molar-refractivity contribution is 5.88. The van der Waals surface area contributed by atoms with Gasteiger partial charge in [0.05, 0.1) is 5.41 Å². The third-order valence-electron chi connectivity index (χ3n) is 2.39. The number of hydrogen-bond acceptors (Lipinski definition) is 4. The summed E-state index contributed by atoms with van der Waals surface area (Å²) in [6, 6.07) is 0. The highest BCUT2D eigenvalue weighted by atomic mass is 16.7.